The van der Waals surface area contributed by atoms with Gasteiger partial charge in [-0.05, 0) is 36.4 Å². The summed E-state index contributed by atoms with van der Waals surface area (Å²) in [7, 11) is 3.14. The first-order valence-electron chi connectivity index (χ1n) is 9.19. The van der Waals surface area contributed by atoms with E-state index in [-0.39, 0.29) is 5.91 Å². The summed E-state index contributed by atoms with van der Waals surface area (Å²) >= 11 is 0. The molecule has 1 amide bonds. The highest BCUT2D eigenvalue weighted by Crippen LogP contribution is 2.30. The fourth-order valence-corrected chi connectivity index (χ4v) is 3.38. The standard InChI is InChI=1S/C21H25FN2O4/c1-27-17-6-7-20(28-2)18(13-17)19(25)14-23-8-10-24(11-9-23)21(26)15-4-3-5-16(22)12-15/h3-7,12-13,19,25H,8-11,14H2,1-2H3/t19-/m0/s1. The number of rotatable bonds is 6. The van der Waals surface area contributed by atoms with Crippen LogP contribution in [0.3, 0.4) is 0 Å². The number of hydrogen-bond acceptors (Lipinski definition) is 5. The molecule has 1 atom stereocenters. The van der Waals surface area contributed by atoms with Crippen LogP contribution in [0.25, 0.3) is 0 Å². The number of amides is 1. The number of aliphatic hydroxyl groups excluding tert-OH is 1. The number of hydrogen-bond donors (Lipinski definition) is 1. The molecule has 2 aromatic carbocycles. The lowest BCUT2D eigenvalue weighted by molar-refractivity contribution is 0.0523. The molecule has 0 radical (unpaired) electrons. The maximum Gasteiger partial charge on any atom is 0.254 e. The predicted molar refractivity (Wildman–Crippen MR) is 103 cm³/mol. The largest absolute Gasteiger partial charge is 0.497 e. The molecule has 0 aliphatic carbocycles. The van der Waals surface area contributed by atoms with Crippen LogP contribution in [0.1, 0.15) is 22.0 Å². The van der Waals surface area contributed by atoms with Gasteiger partial charge in [-0.15, -0.1) is 0 Å². The third-order valence-electron chi connectivity index (χ3n) is 4.96. The number of ether oxygens (including phenoxy) is 2. The Morgan fingerprint density at radius 3 is 2.50 bits per heavy atom. The van der Waals surface area contributed by atoms with Gasteiger partial charge in [0.1, 0.15) is 17.3 Å². The smallest absolute Gasteiger partial charge is 0.254 e. The fraction of sp³-hybridized carbons (Fsp3) is 0.381. The lowest BCUT2D eigenvalue weighted by Gasteiger charge is -2.35. The number of carbonyl (C=O) groups excluding carboxylic acids is 1. The van der Waals surface area contributed by atoms with Crippen molar-refractivity contribution in [2.45, 2.75) is 6.10 Å². The molecule has 150 valence electrons. The molecular formula is C21H25FN2O4. The Bertz CT molecular complexity index is 822. The Hall–Kier alpha value is -2.64. The van der Waals surface area contributed by atoms with Crippen LogP contribution in [-0.2, 0) is 0 Å². The van der Waals surface area contributed by atoms with Crippen molar-refractivity contribution in [2.75, 3.05) is 46.9 Å². The Kier molecular flexibility index (Phi) is 6.49. The van der Waals surface area contributed by atoms with Crippen molar-refractivity contribution in [3.05, 3.63) is 59.4 Å². The summed E-state index contributed by atoms with van der Waals surface area (Å²) in [6.45, 7) is 2.73. The zero-order chi connectivity index (χ0) is 20.1. The van der Waals surface area contributed by atoms with Crippen molar-refractivity contribution >= 4 is 5.91 Å². The van der Waals surface area contributed by atoms with Gasteiger partial charge in [-0.1, -0.05) is 6.07 Å². The summed E-state index contributed by atoms with van der Waals surface area (Å²) in [5.41, 5.74) is 1.02. The van der Waals surface area contributed by atoms with Crippen molar-refractivity contribution in [2.24, 2.45) is 0 Å². The van der Waals surface area contributed by atoms with Crippen molar-refractivity contribution in [3.8, 4) is 11.5 Å². The highest BCUT2D eigenvalue weighted by atomic mass is 19.1. The van der Waals surface area contributed by atoms with Crippen molar-refractivity contribution in [3.63, 3.8) is 0 Å². The summed E-state index contributed by atoms with van der Waals surface area (Å²) < 4.78 is 23.9. The second-order valence-electron chi connectivity index (χ2n) is 6.73. The number of halogens is 1. The summed E-state index contributed by atoms with van der Waals surface area (Å²) in [5, 5.41) is 10.7. The molecule has 0 spiro atoms. The number of nitrogens with zero attached hydrogens (tertiary/aromatic N) is 2. The highest BCUT2D eigenvalue weighted by molar-refractivity contribution is 5.94. The van der Waals surface area contributed by atoms with Crippen LogP contribution in [0, 0.1) is 5.82 Å². The number of benzene rings is 2. The normalized spacial score (nSPS) is 15.9. The van der Waals surface area contributed by atoms with Crippen LogP contribution in [-0.4, -0.2) is 67.8 Å². The van der Waals surface area contributed by atoms with E-state index in [2.05, 4.69) is 4.90 Å². The molecule has 1 saturated heterocycles. The Labute approximate surface area is 164 Å². The van der Waals surface area contributed by atoms with Crippen molar-refractivity contribution in [1.29, 1.82) is 0 Å². The SMILES string of the molecule is COc1ccc(OC)c([C@@H](O)CN2CCN(C(=O)c3cccc(F)c3)CC2)c1. The van der Waals surface area contributed by atoms with E-state index in [4.69, 9.17) is 9.47 Å². The maximum absolute atomic E-state index is 13.4. The molecular weight excluding hydrogens is 363 g/mol. The van der Waals surface area contributed by atoms with E-state index in [1.54, 1.807) is 43.4 Å². The molecule has 1 heterocycles. The van der Waals surface area contributed by atoms with Crippen LogP contribution in [0.15, 0.2) is 42.5 Å². The molecule has 0 unspecified atom stereocenters. The lowest BCUT2D eigenvalue weighted by Crippen LogP contribution is -2.49. The van der Waals surface area contributed by atoms with E-state index in [9.17, 15) is 14.3 Å². The van der Waals surface area contributed by atoms with Gasteiger partial charge in [0.25, 0.3) is 5.91 Å². The minimum Gasteiger partial charge on any atom is -0.497 e. The Morgan fingerprint density at radius 2 is 1.86 bits per heavy atom. The monoisotopic (exact) mass is 388 g/mol. The van der Waals surface area contributed by atoms with Crippen LogP contribution >= 0.6 is 0 Å². The minimum absolute atomic E-state index is 0.172. The van der Waals surface area contributed by atoms with Gasteiger partial charge in [-0.3, -0.25) is 9.69 Å². The Morgan fingerprint density at radius 1 is 1.11 bits per heavy atom. The van der Waals surface area contributed by atoms with Crippen molar-refractivity contribution in [1.82, 2.24) is 9.80 Å². The summed E-state index contributed by atoms with van der Waals surface area (Å²) in [4.78, 5) is 16.3. The van der Waals surface area contributed by atoms with Gasteiger partial charge in [0.05, 0.1) is 20.3 Å². The fourth-order valence-electron chi connectivity index (χ4n) is 3.38. The quantitative estimate of drug-likeness (QED) is 0.823. The molecule has 0 bridgehead atoms. The van der Waals surface area contributed by atoms with Gasteiger partial charge in [-0.25, -0.2) is 4.39 Å². The average Bonchev–Trinajstić information content (AvgIpc) is 2.73. The second kappa shape index (κ2) is 9.03. The number of methoxy groups -OCH3 is 2. The Balaban J connectivity index is 1.59. The topological polar surface area (TPSA) is 62.2 Å². The third-order valence-corrected chi connectivity index (χ3v) is 4.96. The third kappa shape index (κ3) is 4.61. The van der Waals surface area contributed by atoms with Gasteiger partial charge < -0.3 is 19.5 Å². The molecule has 0 aromatic heterocycles. The zero-order valence-corrected chi connectivity index (χ0v) is 16.1. The molecule has 7 heteroatoms. The first-order valence-corrected chi connectivity index (χ1v) is 9.19. The molecule has 3 rings (SSSR count). The van der Waals surface area contributed by atoms with E-state index in [0.717, 1.165) is 0 Å². The molecule has 1 aliphatic rings. The highest BCUT2D eigenvalue weighted by Gasteiger charge is 2.25. The van der Waals surface area contributed by atoms with Crippen LogP contribution in [0.4, 0.5) is 4.39 Å². The van der Waals surface area contributed by atoms with E-state index >= 15 is 0 Å². The predicted octanol–water partition coefficient (Wildman–Crippen LogP) is 2.33. The summed E-state index contributed by atoms with van der Waals surface area (Å²) in [5.74, 6) is 0.669. The van der Waals surface area contributed by atoms with E-state index < -0.39 is 11.9 Å². The molecule has 2 aromatic rings. The number of aliphatic hydroxyl groups is 1. The zero-order valence-electron chi connectivity index (χ0n) is 16.1. The second-order valence-corrected chi connectivity index (χ2v) is 6.73. The summed E-state index contributed by atoms with van der Waals surface area (Å²) in [6.07, 6.45) is -0.740. The van der Waals surface area contributed by atoms with Gasteiger partial charge in [-0.2, -0.15) is 0 Å². The molecule has 1 aliphatic heterocycles. The average molecular weight is 388 g/mol. The lowest BCUT2D eigenvalue weighted by atomic mass is 10.1. The van der Waals surface area contributed by atoms with E-state index in [1.165, 1.54) is 18.2 Å². The molecule has 1 N–H and O–H groups in total. The van der Waals surface area contributed by atoms with Crippen LogP contribution < -0.4 is 9.47 Å². The van der Waals surface area contributed by atoms with E-state index in [0.29, 0.717) is 55.3 Å². The number of carbonyl (C=O) groups is 1. The first-order chi connectivity index (χ1) is 13.5. The number of piperazine rings is 1. The van der Waals surface area contributed by atoms with Crippen LogP contribution in [0.2, 0.25) is 0 Å². The van der Waals surface area contributed by atoms with Gasteiger partial charge in [0.2, 0.25) is 0 Å². The van der Waals surface area contributed by atoms with Gasteiger partial charge >= 0.3 is 0 Å². The first kappa shape index (κ1) is 20.1. The summed E-state index contributed by atoms with van der Waals surface area (Å²) in [6, 6.07) is 11.1. The molecule has 1 fully saturated rings. The van der Waals surface area contributed by atoms with Gasteiger partial charge in [0, 0.05) is 43.9 Å². The molecule has 6 nitrogen and oxygen atoms in total. The van der Waals surface area contributed by atoms with Gasteiger partial charge in [0.15, 0.2) is 0 Å². The maximum atomic E-state index is 13.4. The van der Waals surface area contributed by atoms with Crippen LogP contribution in [0.5, 0.6) is 11.5 Å². The molecule has 0 saturated carbocycles. The van der Waals surface area contributed by atoms with Crippen molar-refractivity contribution < 1.29 is 23.8 Å². The number of β-amino-alcohol motifs (C(OH)–C–C–N with tert-alkyl or cyclic N) is 1. The minimum atomic E-state index is -0.740. The van der Waals surface area contributed by atoms with E-state index in [1.807, 2.05) is 0 Å². The molecule has 28 heavy (non-hydrogen) atoms.